The lowest BCUT2D eigenvalue weighted by Gasteiger charge is -2.34. The maximum atomic E-state index is 11.7. The maximum Gasteiger partial charge on any atom is 0.236 e. The van der Waals surface area contributed by atoms with Crippen LogP contribution in [0.25, 0.3) is 0 Å². The molecule has 1 saturated heterocycles. The van der Waals surface area contributed by atoms with Crippen LogP contribution in [0.2, 0.25) is 0 Å². The Labute approximate surface area is 112 Å². The molecular weight excluding hydrogens is 248 g/mol. The van der Waals surface area contributed by atoms with Crippen LogP contribution in [-0.2, 0) is 11.3 Å². The minimum atomic E-state index is 0.196. The van der Waals surface area contributed by atoms with E-state index in [-0.39, 0.29) is 5.91 Å². The zero-order chi connectivity index (χ0) is 13.0. The van der Waals surface area contributed by atoms with Crippen molar-refractivity contribution in [2.24, 2.45) is 0 Å². The second-order valence-corrected chi connectivity index (χ2v) is 5.61. The second-order valence-electron chi connectivity index (χ2n) is 4.55. The Bertz CT molecular complexity index is 399. The van der Waals surface area contributed by atoms with Crippen molar-refractivity contribution in [2.75, 3.05) is 39.8 Å². The number of aryl methyl sites for hydroxylation is 1. The third-order valence-electron chi connectivity index (χ3n) is 3.11. The monoisotopic (exact) mass is 268 g/mol. The molecule has 18 heavy (non-hydrogen) atoms. The lowest BCUT2D eigenvalue weighted by molar-refractivity contribution is -0.131. The van der Waals surface area contributed by atoms with Gasteiger partial charge in [-0.3, -0.25) is 9.69 Å². The predicted molar refractivity (Wildman–Crippen MR) is 72.6 cm³/mol. The quantitative estimate of drug-likeness (QED) is 0.854. The number of thiazole rings is 1. The summed E-state index contributed by atoms with van der Waals surface area (Å²) in [5.41, 5.74) is 1.15. The normalized spacial score (nSPS) is 17.1. The van der Waals surface area contributed by atoms with Gasteiger partial charge in [0, 0.05) is 38.1 Å². The lowest BCUT2D eigenvalue weighted by atomic mass is 10.3. The number of nitrogens with one attached hydrogen (secondary N) is 1. The van der Waals surface area contributed by atoms with Gasteiger partial charge in [-0.1, -0.05) is 0 Å². The topological polar surface area (TPSA) is 48.5 Å². The molecule has 0 spiro atoms. The molecule has 2 heterocycles. The summed E-state index contributed by atoms with van der Waals surface area (Å²) in [6.45, 7) is 6.89. The van der Waals surface area contributed by atoms with E-state index in [2.05, 4.69) is 20.6 Å². The number of rotatable bonds is 4. The van der Waals surface area contributed by atoms with Crippen molar-refractivity contribution in [3.63, 3.8) is 0 Å². The smallest absolute Gasteiger partial charge is 0.236 e. The summed E-state index contributed by atoms with van der Waals surface area (Å²) in [6.07, 6.45) is 0. The van der Waals surface area contributed by atoms with Gasteiger partial charge in [-0.05, 0) is 14.0 Å². The van der Waals surface area contributed by atoms with Crippen LogP contribution < -0.4 is 5.32 Å². The molecule has 1 aromatic rings. The molecule has 1 fully saturated rings. The van der Waals surface area contributed by atoms with Crippen LogP contribution in [0.1, 0.15) is 10.7 Å². The minimum Gasteiger partial charge on any atom is -0.339 e. The van der Waals surface area contributed by atoms with E-state index in [4.69, 9.17) is 0 Å². The SMILES string of the molecule is CNCC(=O)N1CCN(Cc2csc(C)n2)CC1. The van der Waals surface area contributed by atoms with Crippen LogP contribution in [0.3, 0.4) is 0 Å². The molecule has 6 heteroatoms. The summed E-state index contributed by atoms with van der Waals surface area (Å²) in [5, 5.41) is 6.14. The van der Waals surface area contributed by atoms with E-state index in [1.165, 1.54) is 0 Å². The zero-order valence-electron chi connectivity index (χ0n) is 11.0. The van der Waals surface area contributed by atoms with E-state index in [9.17, 15) is 4.79 Å². The highest BCUT2D eigenvalue weighted by Crippen LogP contribution is 2.12. The zero-order valence-corrected chi connectivity index (χ0v) is 11.8. The van der Waals surface area contributed by atoms with Gasteiger partial charge in [0.15, 0.2) is 0 Å². The highest BCUT2D eigenvalue weighted by Gasteiger charge is 2.20. The van der Waals surface area contributed by atoms with Crippen molar-refractivity contribution in [3.8, 4) is 0 Å². The molecule has 0 saturated carbocycles. The third-order valence-corrected chi connectivity index (χ3v) is 3.93. The van der Waals surface area contributed by atoms with E-state index < -0.39 is 0 Å². The van der Waals surface area contributed by atoms with Crippen LogP contribution in [-0.4, -0.2) is 60.5 Å². The van der Waals surface area contributed by atoms with Crippen LogP contribution in [0.5, 0.6) is 0 Å². The maximum absolute atomic E-state index is 11.7. The first-order valence-electron chi connectivity index (χ1n) is 6.25. The first-order valence-corrected chi connectivity index (χ1v) is 7.12. The Kier molecular flexibility index (Phi) is 4.68. The Morgan fingerprint density at radius 3 is 2.72 bits per heavy atom. The van der Waals surface area contributed by atoms with Crippen molar-refractivity contribution < 1.29 is 4.79 Å². The second kappa shape index (κ2) is 6.26. The average molecular weight is 268 g/mol. The van der Waals surface area contributed by atoms with Gasteiger partial charge >= 0.3 is 0 Å². The van der Waals surface area contributed by atoms with Gasteiger partial charge in [-0.2, -0.15) is 0 Å². The number of carbonyl (C=O) groups excluding carboxylic acids is 1. The molecule has 100 valence electrons. The molecule has 1 aromatic heterocycles. The number of carbonyl (C=O) groups is 1. The Morgan fingerprint density at radius 1 is 1.44 bits per heavy atom. The number of aromatic nitrogens is 1. The number of likely N-dealkylation sites (N-methyl/N-ethyl adjacent to an activating group) is 1. The summed E-state index contributed by atoms with van der Waals surface area (Å²) in [7, 11) is 1.80. The third kappa shape index (κ3) is 3.51. The summed E-state index contributed by atoms with van der Waals surface area (Å²) in [6, 6.07) is 0. The molecular formula is C12H20N4OS. The molecule has 1 aliphatic heterocycles. The number of amides is 1. The van der Waals surface area contributed by atoms with E-state index in [0.717, 1.165) is 43.4 Å². The molecule has 0 radical (unpaired) electrons. The molecule has 1 amide bonds. The van der Waals surface area contributed by atoms with Gasteiger partial charge in [0.25, 0.3) is 0 Å². The fraction of sp³-hybridized carbons (Fsp3) is 0.667. The fourth-order valence-electron chi connectivity index (χ4n) is 2.13. The molecule has 5 nitrogen and oxygen atoms in total. The van der Waals surface area contributed by atoms with Gasteiger partial charge in [0.1, 0.15) is 0 Å². The minimum absolute atomic E-state index is 0.196. The number of nitrogens with zero attached hydrogens (tertiary/aromatic N) is 3. The van der Waals surface area contributed by atoms with Crippen molar-refractivity contribution >= 4 is 17.2 Å². The van der Waals surface area contributed by atoms with Crippen molar-refractivity contribution in [1.82, 2.24) is 20.1 Å². The predicted octanol–water partition coefficient (Wildman–Crippen LogP) is 0.315. The van der Waals surface area contributed by atoms with Crippen molar-refractivity contribution in [1.29, 1.82) is 0 Å². The average Bonchev–Trinajstić information content (AvgIpc) is 2.76. The summed E-state index contributed by atoms with van der Waals surface area (Å²) in [5.74, 6) is 0.196. The van der Waals surface area contributed by atoms with E-state index >= 15 is 0 Å². The van der Waals surface area contributed by atoms with Crippen molar-refractivity contribution in [3.05, 3.63) is 16.1 Å². The fourth-order valence-corrected chi connectivity index (χ4v) is 2.73. The van der Waals surface area contributed by atoms with Crippen LogP contribution in [0.15, 0.2) is 5.38 Å². The van der Waals surface area contributed by atoms with Crippen LogP contribution in [0, 0.1) is 6.92 Å². The standard InChI is InChI=1S/C12H20N4OS/c1-10-14-11(9-18-10)8-15-3-5-16(6-4-15)12(17)7-13-2/h9,13H,3-8H2,1-2H3. The first-order chi connectivity index (χ1) is 8.69. The molecule has 0 aliphatic carbocycles. The van der Waals surface area contributed by atoms with Gasteiger partial charge in [0.2, 0.25) is 5.91 Å². The molecule has 0 aromatic carbocycles. The molecule has 1 N–H and O–H groups in total. The van der Waals surface area contributed by atoms with Gasteiger partial charge in [-0.15, -0.1) is 11.3 Å². The molecule has 1 aliphatic rings. The van der Waals surface area contributed by atoms with E-state index in [1.807, 2.05) is 11.8 Å². The van der Waals surface area contributed by atoms with E-state index in [0.29, 0.717) is 6.54 Å². The molecule has 0 bridgehead atoms. The van der Waals surface area contributed by atoms with E-state index in [1.54, 1.807) is 18.4 Å². The Morgan fingerprint density at radius 2 is 2.17 bits per heavy atom. The number of hydrogen-bond donors (Lipinski definition) is 1. The Balaban J connectivity index is 1.78. The number of piperazine rings is 1. The largest absolute Gasteiger partial charge is 0.339 e. The van der Waals surface area contributed by atoms with Crippen LogP contribution >= 0.6 is 11.3 Å². The highest BCUT2D eigenvalue weighted by molar-refractivity contribution is 7.09. The molecule has 0 atom stereocenters. The van der Waals surface area contributed by atoms with Gasteiger partial charge in [-0.25, -0.2) is 4.98 Å². The van der Waals surface area contributed by atoms with Gasteiger partial charge in [0.05, 0.1) is 17.2 Å². The van der Waals surface area contributed by atoms with Gasteiger partial charge < -0.3 is 10.2 Å². The first kappa shape index (κ1) is 13.5. The lowest BCUT2D eigenvalue weighted by Crippen LogP contribution is -2.50. The molecule has 2 rings (SSSR count). The van der Waals surface area contributed by atoms with Crippen LogP contribution in [0.4, 0.5) is 0 Å². The highest BCUT2D eigenvalue weighted by atomic mass is 32.1. The summed E-state index contributed by atoms with van der Waals surface area (Å²) < 4.78 is 0. The number of hydrogen-bond acceptors (Lipinski definition) is 5. The molecule has 0 unspecified atom stereocenters. The summed E-state index contributed by atoms with van der Waals surface area (Å²) in [4.78, 5) is 20.5. The Hall–Kier alpha value is -0.980. The summed E-state index contributed by atoms with van der Waals surface area (Å²) >= 11 is 1.69. The van der Waals surface area contributed by atoms with Crippen molar-refractivity contribution in [2.45, 2.75) is 13.5 Å².